The van der Waals surface area contributed by atoms with E-state index in [4.69, 9.17) is 4.99 Å². The lowest BCUT2D eigenvalue weighted by molar-refractivity contribution is 0.444. The average molecular weight is 240 g/mol. The lowest BCUT2D eigenvalue weighted by Crippen LogP contribution is -2.46. The van der Waals surface area contributed by atoms with Gasteiger partial charge in [-0.25, -0.2) is 0 Å². The number of hydrogen-bond acceptors (Lipinski definition) is 2. The minimum absolute atomic E-state index is 0.245. The van der Waals surface area contributed by atoms with Crippen LogP contribution in [-0.4, -0.2) is 22.5 Å². The highest BCUT2D eigenvalue weighted by Gasteiger charge is 2.25. The standard InChI is InChI=1S/C13H24N2S/c1-13(2)9-10-16-12(15-13)14-11-7-5-3-4-6-8-11/h11H,3-10H2,1-2H3,(H,14,15). The number of aliphatic imine (C=N–C) groups is 1. The van der Waals surface area contributed by atoms with Crippen molar-refractivity contribution in [3.8, 4) is 0 Å². The predicted molar refractivity (Wildman–Crippen MR) is 73.2 cm³/mol. The van der Waals surface area contributed by atoms with Crippen LogP contribution in [0.2, 0.25) is 0 Å². The zero-order valence-corrected chi connectivity index (χ0v) is 11.4. The Labute approximate surface area is 104 Å². The van der Waals surface area contributed by atoms with Crippen molar-refractivity contribution in [3.05, 3.63) is 0 Å². The van der Waals surface area contributed by atoms with Gasteiger partial charge in [-0.3, -0.25) is 4.99 Å². The van der Waals surface area contributed by atoms with Gasteiger partial charge in [0.1, 0.15) is 0 Å². The van der Waals surface area contributed by atoms with Gasteiger partial charge in [0.15, 0.2) is 5.17 Å². The summed E-state index contributed by atoms with van der Waals surface area (Å²) in [5, 5.41) is 4.77. The molecular weight excluding hydrogens is 216 g/mol. The van der Waals surface area contributed by atoms with Crippen molar-refractivity contribution < 1.29 is 0 Å². The fraction of sp³-hybridized carbons (Fsp3) is 0.923. The molecule has 0 atom stereocenters. The third-order valence-electron chi connectivity index (χ3n) is 3.54. The van der Waals surface area contributed by atoms with Crippen LogP contribution in [0.4, 0.5) is 0 Å². The van der Waals surface area contributed by atoms with Gasteiger partial charge >= 0.3 is 0 Å². The third kappa shape index (κ3) is 3.69. The first-order valence-corrected chi connectivity index (χ1v) is 7.63. The van der Waals surface area contributed by atoms with Gasteiger partial charge in [0.05, 0.1) is 6.04 Å². The van der Waals surface area contributed by atoms with Crippen molar-refractivity contribution in [1.82, 2.24) is 5.32 Å². The quantitative estimate of drug-likeness (QED) is 0.709. The molecule has 1 saturated heterocycles. The normalized spacial score (nSPS) is 29.8. The fourth-order valence-corrected chi connectivity index (χ4v) is 3.79. The summed E-state index contributed by atoms with van der Waals surface area (Å²) in [5.74, 6) is 1.21. The summed E-state index contributed by atoms with van der Waals surface area (Å²) in [5.41, 5.74) is 0.245. The largest absolute Gasteiger partial charge is 0.360 e. The van der Waals surface area contributed by atoms with Gasteiger partial charge in [-0.15, -0.1) is 0 Å². The number of nitrogens with zero attached hydrogens (tertiary/aromatic N) is 1. The number of rotatable bonds is 1. The van der Waals surface area contributed by atoms with Crippen molar-refractivity contribution in [2.75, 3.05) is 5.75 Å². The minimum atomic E-state index is 0.245. The van der Waals surface area contributed by atoms with Crippen LogP contribution in [0.15, 0.2) is 4.99 Å². The molecule has 2 nitrogen and oxygen atoms in total. The molecule has 0 bridgehead atoms. The molecule has 1 saturated carbocycles. The highest BCUT2D eigenvalue weighted by Crippen LogP contribution is 2.25. The first-order chi connectivity index (χ1) is 7.66. The topological polar surface area (TPSA) is 24.4 Å². The van der Waals surface area contributed by atoms with Crippen LogP contribution >= 0.6 is 11.8 Å². The summed E-state index contributed by atoms with van der Waals surface area (Å²) in [7, 11) is 0. The number of hydrogen-bond donors (Lipinski definition) is 1. The van der Waals surface area contributed by atoms with Crippen LogP contribution in [0.1, 0.15) is 58.8 Å². The SMILES string of the molecule is CC1(C)CCSC(=NC2CCCCCC2)N1. The van der Waals surface area contributed by atoms with E-state index < -0.39 is 0 Å². The first-order valence-electron chi connectivity index (χ1n) is 6.64. The number of thioether (sulfide) groups is 1. The third-order valence-corrected chi connectivity index (χ3v) is 4.42. The maximum atomic E-state index is 4.92. The summed E-state index contributed by atoms with van der Waals surface area (Å²) in [6.07, 6.45) is 9.39. The van der Waals surface area contributed by atoms with Crippen molar-refractivity contribution >= 4 is 16.9 Å². The van der Waals surface area contributed by atoms with Gasteiger partial charge in [-0.1, -0.05) is 37.4 Å². The Balaban J connectivity index is 1.94. The Morgan fingerprint density at radius 3 is 2.50 bits per heavy atom. The maximum Gasteiger partial charge on any atom is 0.157 e. The molecule has 1 aliphatic carbocycles. The van der Waals surface area contributed by atoms with Crippen molar-refractivity contribution in [2.24, 2.45) is 4.99 Å². The lowest BCUT2D eigenvalue weighted by Gasteiger charge is -2.32. The number of nitrogens with one attached hydrogen (secondary N) is 1. The van der Waals surface area contributed by atoms with Crippen LogP contribution < -0.4 is 5.32 Å². The number of amidine groups is 1. The monoisotopic (exact) mass is 240 g/mol. The van der Waals surface area contributed by atoms with E-state index in [0.717, 1.165) is 0 Å². The van der Waals surface area contributed by atoms with E-state index in [1.54, 1.807) is 0 Å². The summed E-state index contributed by atoms with van der Waals surface area (Å²) in [4.78, 5) is 4.92. The van der Waals surface area contributed by atoms with Gasteiger partial charge in [-0.05, 0) is 33.1 Å². The molecule has 1 heterocycles. The van der Waals surface area contributed by atoms with Crippen LogP contribution in [0.3, 0.4) is 0 Å². The predicted octanol–water partition coefficient (Wildman–Crippen LogP) is 3.57. The second-order valence-corrected chi connectivity index (χ2v) is 6.77. The van der Waals surface area contributed by atoms with E-state index in [0.29, 0.717) is 6.04 Å². The van der Waals surface area contributed by atoms with Gasteiger partial charge in [0, 0.05) is 11.3 Å². The van der Waals surface area contributed by atoms with E-state index in [1.807, 2.05) is 11.8 Å². The Bertz CT molecular complexity index is 253. The Morgan fingerprint density at radius 2 is 1.88 bits per heavy atom. The van der Waals surface area contributed by atoms with E-state index >= 15 is 0 Å². The van der Waals surface area contributed by atoms with Crippen molar-refractivity contribution in [3.63, 3.8) is 0 Å². The van der Waals surface area contributed by atoms with Gasteiger partial charge < -0.3 is 5.32 Å². The molecule has 92 valence electrons. The molecule has 1 aliphatic heterocycles. The molecule has 0 amide bonds. The molecule has 2 rings (SSSR count). The van der Waals surface area contributed by atoms with E-state index in [1.165, 1.54) is 55.9 Å². The van der Waals surface area contributed by atoms with Gasteiger partial charge in [0.25, 0.3) is 0 Å². The van der Waals surface area contributed by atoms with Crippen LogP contribution in [0.5, 0.6) is 0 Å². The van der Waals surface area contributed by atoms with Crippen LogP contribution in [0.25, 0.3) is 0 Å². The molecule has 0 radical (unpaired) electrons. The molecule has 16 heavy (non-hydrogen) atoms. The highest BCUT2D eigenvalue weighted by atomic mass is 32.2. The van der Waals surface area contributed by atoms with E-state index in [9.17, 15) is 0 Å². The molecule has 0 aromatic heterocycles. The molecule has 2 aliphatic rings. The summed E-state index contributed by atoms with van der Waals surface area (Å²) >= 11 is 1.90. The fourth-order valence-electron chi connectivity index (χ4n) is 2.41. The molecule has 1 N–H and O–H groups in total. The van der Waals surface area contributed by atoms with Crippen molar-refractivity contribution in [2.45, 2.75) is 70.4 Å². The van der Waals surface area contributed by atoms with E-state index in [-0.39, 0.29) is 5.54 Å². The zero-order chi connectivity index (χ0) is 11.4. The van der Waals surface area contributed by atoms with Crippen LogP contribution in [0, 0.1) is 0 Å². The summed E-state index contributed by atoms with van der Waals surface area (Å²) < 4.78 is 0. The van der Waals surface area contributed by atoms with Crippen molar-refractivity contribution in [1.29, 1.82) is 0 Å². The summed E-state index contributed by atoms with van der Waals surface area (Å²) in [6, 6.07) is 0.589. The molecular formula is C13H24N2S. The lowest BCUT2D eigenvalue weighted by atomic mass is 10.0. The first kappa shape index (κ1) is 12.3. The summed E-state index contributed by atoms with van der Waals surface area (Å²) in [6.45, 7) is 4.55. The van der Waals surface area contributed by atoms with E-state index in [2.05, 4.69) is 19.2 Å². The van der Waals surface area contributed by atoms with Gasteiger partial charge in [0.2, 0.25) is 0 Å². The Kier molecular flexibility index (Phi) is 4.17. The smallest absolute Gasteiger partial charge is 0.157 e. The second kappa shape index (κ2) is 5.44. The molecule has 2 fully saturated rings. The highest BCUT2D eigenvalue weighted by molar-refractivity contribution is 8.13. The minimum Gasteiger partial charge on any atom is -0.360 e. The Hall–Kier alpha value is -0.180. The molecule has 0 aromatic rings. The molecule has 0 spiro atoms. The average Bonchev–Trinajstić information content (AvgIpc) is 2.45. The maximum absolute atomic E-state index is 4.92. The molecule has 0 aromatic carbocycles. The second-order valence-electron chi connectivity index (χ2n) is 5.69. The molecule has 0 unspecified atom stereocenters. The van der Waals surface area contributed by atoms with Crippen LogP contribution in [-0.2, 0) is 0 Å². The zero-order valence-electron chi connectivity index (χ0n) is 10.6. The Morgan fingerprint density at radius 1 is 1.19 bits per heavy atom. The molecule has 3 heteroatoms. The van der Waals surface area contributed by atoms with Gasteiger partial charge in [-0.2, -0.15) is 0 Å².